The molecule has 0 aromatic carbocycles. The van der Waals surface area contributed by atoms with Gasteiger partial charge in [0.25, 0.3) is 0 Å². The van der Waals surface area contributed by atoms with Gasteiger partial charge in [0.15, 0.2) is 0 Å². The van der Waals surface area contributed by atoms with Gasteiger partial charge in [-0.15, -0.1) is 0 Å². The number of hydrogen-bond acceptors (Lipinski definition) is 3. The molecule has 0 spiro atoms. The van der Waals surface area contributed by atoms with Crippen LogP contribution >= 0.6 is 0 Å². The Morgan fingerprint density at radius 1 is 1.36 bits per heavy atom. The summed E-state index contributed by atoms with van der Waals surface area (Å²) in [6.45, 7) is 5.79. The number of sulfonamides is 1. The lowest BCUT2D eigenvalue weighted by molar-refractivity contribution is 0.584. The fourth-order valence-corrected chi connectivity index (χ4v) is 0.560. The van der Waals surface area contributed by atoms with Gasteiger partial charge in [0.2, 0.25) is 10.0 Å². The first-order chi connectivity index (χ1) is 4.71. The van der Waals surface area contributed by atoms with Crippen molar-refractivity contribution in [2.45, 2.75) is 20.8 Å². The largest absolute Gasteiger partial charge is 0.244 e. The Kier molecular flexibility index (Phi) is 3.04. The lowest BCUT2D eigenvalue weighted by Crippen LogP contribution is -2.18. The van der Waals surface area contributed by atoms with Gasteiger partial charge < -0.3 is 0 Å². The van der Waals surface area contributed by atoms with E-state index in [0.717, 1.165) is 6.26 Å². The number of rotatable bonds is 2. The molecule has 0 unspecified atom stereocenters. The second-order valence-corrected chi connectivity index (χ2v) is 5.21. The summed E-state index contributed by atoms with van der Waals surface area (Å²) in [5.41, 5.74) is -0.0995. The molecule has 0 aliphatic heterocycles. The minimum Gasteiger partial charge on any atom is -0.206 e. The first-order valence-corrected chi connectivity index (χ1v) is 5.11. The summed E-state index contributed by atoms with van der Waals surface area (Å²) in [4.78, 5) is 2.02. The summed E-state index contributed by atoms with van der Waals surface area (Å²) in [5.74, 6) is 0. The van der Waals surface area contributed by atoms with Gasteiger partial charge in [-0.2, -0.15) is 5.10 Å². The van der Waals surface area contributed by atoms with Crippen LogP contribution in [0.5, 0.6) is 0 Å². The standard InChI is InChI=1S/C6H14N2O2S/c1-6(2,3)5-7-8-11(4,9)10/h5,8H,1-4H3. The van der Waals surface area contributed by atoms with Crippen LogP contribution in [0.1, 0.15) is 20.8 Å². The summed E-state index contributed by atoms with van der Waals surface area (Å²) < 4.78 is 21.0. The van der Waals surface area contributed by atoms with Gasteiger partial charge in [-0.25, -0.2) is 13.2 Å². The Labute approximate surface area is 67.7 Å². The highest BCUT2D eigenvalue weighted by molar-refractivity contribution is 7.88. The molecule has 0 aromatic heterocycles. The number of hydrogen-bond donors (Lipinski definition) is 1. The number of hydrazone groups is 1. The van der Waals surface area contributed by atoms with Gasteiger partial charge in [0.1, 0.15) is 0 Å². The van der Waals surface area contributed by atoms with E-state index in [1.165, 1.54) is 0 Å². The molecule has 5 heteroatoms. The highest BCUT2D eigenvalue weighted by atomic mass is 32.2. The van der Waals surface area contributed by atoms with Crippen LogP contribution in [-0.2, 0) is 10.0 Å². The van der Waals surface area contributed by atoms with Crippen molar-refractivity contribution < 1.29 is 8.42 Å². The van der Waals surface area contributed by atoms with Crippen molar-refractivity contribution in [3.8, 4) is 0 Å². The minimum atomic E-state index is -3.19. The fraction of sp³-hybridized carbons (Fsp3) is 0.833. The minimum absolute atomic E-state index is 0.0995. The van der Waals surface area contributed by atoms with Crippen molar-refractivity contribution in [1.29, 1.82) is 0 Å². The zero-order valence-corrected chi connectivity index (χ0v) is 8.07. The Morgan fingerprint density at radius 3 is 2.09 bits per heavy atom. The molecule has 0 fully saturated rings. The van der Waals surface area contributed by atoms with Crippen molar-refractivity contribution in [3.63, 3.8) is 0 Å². The third-order valence-electron chi connectivity index (χ3n) is 0.670. The zero-order valence-electron chi connectivity index (χ0n) is 7.25. The maximum atomic E-state index is 10.5. The molecule has 0 amide bonds. The quantitative estimate of drug-likeness (QED) is 0.496. The molecule has 0 saturated heterocycles. The van der Waals surface area contributed by atoms with Gasteiger partial charge in [-0.3, -0.25) is 0 Å². The van der Waals surface area contributed by atoms with Crippen LogP contribution < -0.4 is 4.83 Å². The molecule has 0 heterocycles. The molecule has 0 saturated carbocycles. The molecule has 11 heavy (non-hydrogen) atoms. The zero-order chi connectivity index (χ0) is 9.12. The summed E-state index contributed by atoms with van der Waals surface area (Å²) >= 11 is 0. The van der Waals surface area contributed by atoms with Crippen LogP contribution in [0, 0.1) is 5.41 Å². The van der Waals surface area contributed by atoms with E-state index in [1.807, 2.05) is 25.6 Å². The van der Waals surface area contributed by atoms with Crippen LogP contribution in [-0.4, -0.2) is 20.9 Å². The van der Waals surface area contributed by atoms with E-state index in [2.05, 4.69) is 5.10 Å². The molecular formula is C6H14N2O2S. The van der Waals surface area contributed by atoms with E-state index >= 15 is 0 Å². The molecule has 1 N–H and O–H groups in total. The topological polar surface area (TPSA) is 58.5 Å². The van der Waals surface area contributed by atoms with E-state index in [1.54, 1.807) is 6.21 Å². The van der Waals surface area contributed by atoms with Gasteiger partial charge in [-0.1, -0.05) is 20.8 Å². The predicted octanol–water partition coefficient (Wildman–Crippen LogP) is 0.568. The molecule has 66 valence electrons. The van der Waals surface area contributed by atoms with Crippen LogP contribution in [0.2, 0.25) is 0 Å². The van der Waals surface area contributed by atoms with Gasteiger partial charge in [-0.05, 0) is 5.41 Å². The first kappa shape index (κ1) is 10.4. The first-order valence-electron chi connectivity index (χ1n) is 3.22. The van der Waals surface area contributed by atoms with Crippen molar-refractivity contribution in [2.24, 2.45) is 10.5 Å². The molecule has 0 atom stereocenters. The van der Waals surface area contributed by atoms with E-state index in [-0.39, 0.29) is 5.41 Å². The molecular weight excluding hydrogens is 164 g/mol. The third kappa shape index (κ3) is 9.42. The van der Waals surface area contributed by atoms with Crippen molar-refractivity contribution >= 4 is 16.2 Å². The van der Waals surface area contributed by atoms with E-state index in [0.29, 0.717) is 0 Å². The van der Waals surface area contributed by atoms with Crippen molar-refractivity contribution in [1.82, 2.24) is 4.83 Å². The molecule has 0 bridgehead atoms. The van der Waals surface area contributed by atoms with E-state index < -0.39 is 10.0 Å². The SMILES string of the molecule is CC(C)(C)C=NNS(C)(=O)=O. The Balaban J connectivity index is 4.00. The van der Waals surface area contributed by atoms with Crippen molar-refractivity contribution in [3.05, 3.63) is 0 Å². The lowest BCUT2D eigenvalue weighted by atomic mass is 9.99. The summed E-state index contributed by atoms with van der Waals surface area (Å²) in [5, 5.41) is 3.55. The maximum absolute atomic E-state index is 10.5. The monoisotopic (exact) mass is 178 g/mol. The van der Waals surface area contributed by atoms with Gasteiger partial charge in [0, 0.05) is 6.21 Å². The highest BCUT2D eigenvalue weighted by Crippen LogP contribution is 2.07. The number of nitrogens with zero attached hydrogens (tertiary/aromatic N) is 1. The molecule has 0 radical (unpaired) electrons. The Morgan fingerprint density at radius 2 is 1.82 bits per heavy atom. The van der Waals surface area contributed by atoms with Gasteiger partial charge in [0.05, 0.1) is 6.26 Å². The summed E-state index contributed by atoms with van der Waals surface area (Å²) in [6, 6.07) is 0. The second kappa shape index (κ2) is 3.21. The van der Waals surface area contributed by atoms with Crippen molar-refractivity contribution in [2.75, 3.05) is 6.26 Å². The molecule has 0 aliphatic rings. The smallest absolute Gasteiger partial charge is 0.206 e. The fourth-order valence-electron chi connectivity index (χ4n) is 0.316. The van der Waals surface area contributed by atoms with E-state index in [9.17, 15) is 8.42 Å². The average Bonchev–Trinajstić information content (AvgIpc) is 1.55. The molecule has 4 nitrogen and oxygen atoms in total. The summed E-state index contributed by atoms with van der Waals surface area (Å²) in [6.07, 6.45) is 2.61. The maximum Gasteiger partial charge on any atom is 0.244 e. The molecule has 0 rings (SSSR count). The van der Waals surface area contributed by atoms with Gasteiger partial charge >= 0.3 is 0 Å². The van der Waals surface area contributed by atoms with Crippen LogP contribution in [0.25, 0.3) is 0 Å². The average molecular weight is 178 g/mol. The predicted molar refractivity (Wildman–Crippen MR) is 45.9 cm³/mol. The van der Waals surface area contributed by atoms with Crippen LogP contribution in [0.3, 0.4) is 0 Å². The normalized spacial score (nSPS) is 13.8. The Hall–Kier alpha value is -0.580. The second-order valence-electron chi connectivity index (χ2n) is 3.49. The van der Waals surface area contributed by atoms with Crippen LogP contribution in [0.4, 0.5) is 0 Å². The molecule has 0 aliphatic carbocycles. The van der Waals surface area contributed by atoms with E-state index in [4.69, 9.17) is 0 Å². The highest BCUT2D eigenvalue weighted by Gasteiger charge is 2.05. The lowest BCUT2D eigenvalue weighted by Gasteiger charge is -2.09. The Bertz CT molecular complexity index is 236. The number of nitrogens with one attached hydrogen (secondary N) is 1. The summed E-state index contributed by atoms with van der Waals surface area (Å²) in [7, 11) is -3.19. The molecule has 0 aromatic rings. The third-order valence-corrected chi connectivity index (χ3v) is 1.11. The van der Waals surface area contributed by atoms with Crippen LogP contribution in [0.15, 0.2) is 5.10 Å².